The molecule has 0 spiro atoms. The molecule has 0 saturated carbocycles. The van der Waals surface area contributed by atoms with Gasteiger partial charge in [-0.15, -0.1) is 0 Å². The van der Waals surface area contributed by atoms with E-state index in [0.29, 0.717) is 47.7 Å². The summed E-state index contributed by atoms with van der Waals surface area (Å²) in [5, 5.41) is 3.45. The number of benzene rings is 2. The molecule has 2 aromatic rings. The van der Waals surface area contributed by atoms with Crippen LogP contribution in [-0.2, 0) is 4.79 Å². The Kier molecular flexibility index (Phi) is 3.21. The summed E-state index contributed by atoms with van der Waals surface area (Å²) in [4.78, 5) is 12.2. The molecule has 3 aliphatic heterocycles. The lowest BCUT2D eigenvalue weighted by molar-refractivity contribution is -0.116. The van der Waals surface area contributed by atoms with Gasteiger partial charge in [0.1, 0.15) is 13.2 Å². The number of nitrogens with one attached hydrogen (secondary N) is 1. The molecule has 7 heteroatoms. The molecule has 0 radical (unpaired) electrons. The normalized spacial score (nSPS) is 20.0. The predicted octanol–water partition coefficient (Wildman–Crippen LogP) is 3.31. The Labute approximate surface area is 148 Å². The summed E-state index contributed by atoms with van der Waals surface area (Å²) < 4.78 is 22.1. The maximum absolute atomic E-state index is 12.2. The van der Waals surface area contributed by atoms with E-state index < -0.39 is 0 Å². The van der Waals surface area contributed by atoms with E-state index in [1.807, 2.05) is 18.2 Å². The van der Waals surface area contributed by atoms with E-state index >= 15 is 0 Å². The van der Waals surface area contributed by atoms with Crippen molar-refractivity contribution >= 4 is 23.2 Å². The van der Waals surface area contributed by atoms with Gasteiger partial charge in [-0.05, 0) is 23.3 Å². The van der Waals surface area contributed by atoms with Crippen molar-refractivity contribution in [1.82, 2.24) is 0 Å². The molecule has 0 saturated heterocycles. The van der Waals surface area contributed by atoms with Crippen LogP contribution in [0.4, 0.5) is 5.69 Å². The van der Waals surface area contributed by atoms with Crippen molar-refractivity contribution in [2.45, 2.75) is 12.3 Å². The van der Waals surface area contributed by atoms with Gasteiger partial charge in [-0.25, -0.2) is 0 Å². The predicted molar refractivity (Wildman–Crippen MR) is 90.1 cm³/mol. The summed E-state index contributed by atoms with van der Waals surface area (Å²) in [6.07, 6.45) is 0.298. The van der Waals surface area contributed by atoms with Crippen LogP contribution >= 0.6 is 11.6 Å². The summed E-state index contributed by atoms with van der Waals surface area (Å²) in [5.74, 6) is 2.33. The Hall–Kier alpha value is -2.60. The fourth-order valence-corrected chi connectivity index (χ4v) is 3.76. The first-order chi connectivity index (χ1) is 12.2. The van der Waals surface area contributed by atoms with Crippen LogP contribution in [0.1, 0.15) is 23.5 Å². The second-order valence-corrected chi connectivity index (χ2v) is 6.52. The standard InChI is InChI=1S/C18H14ClNO5/c19-12-6-16-15(24-8-25-16)3-10(12)9-5-18(21)20-13-7-17-14(4-11(9)13)22-1-2-23-17/h3-4,6-7,9H,1-2,5,8H2,(H,20,21). The Morgan fingerprint density at radius 3 is 2.32 bits per heavy atom. The average molecular weight is 360 g/mol. The number of ether oxygens (including phenoxy) is 4. The van der Waals surface area contributed by atoms with E-state index in [1.165, 1.54) is 0 Å². The molecule has 0 fully saturated rings. The van der Waals surface area contributed by atoms with Crippen LogP contribution in [0.2, 0.25) is 5.02 Å². The van der Waals surface area contributed by atoms with E-state index in [4.69, 9.17) is 30.5 Å². The lowest BCUT2D eigenvalue weighted by atomic mass is 9.84. The van der Waals surface area contributed by atoms with Crippen LogP contribution < -0.4 is 24.3 Å². The molecule has 1 atom stereocenters. The lowest BCUT2D eigenvalue weighted by Crippen LogP contribution is -2.25. The first-order valence-corrected chi connectivity index (χ1v) is 8.39. The molecule has 128 valence electrons. The van der Waals surface area contributed by atoms with Crippen LogP contribution in [0.3, 0.4) is 0 Å². The number of hydrogen-bond donors (Lipinski definition) is 1. The topological polar surface area (TPSA) is 66.0 Å². The van der Waals surface area contributed by atoms with Crippen LogP contribution in [-0.4, -0.2) is 25.9 Å². The van der Waals surface area contributed by atoms with Crippen molar-refractivity contribution < 1.29 is 23.7 Å². The Morgan fingerprint density at radius 2 is 1.52 bits per heavy atom. The number of carbonyl (C=O) groups is 1. The number of fused-ring (bicyclic) bond motifs is 3. The minimum atomic E-state index is -0.193. The van der Waals surface area contributed by atoms with E-state index in [0.717, 1.165) is 16.8 Å². The molecule has 2 aromatic carbocycles. The molecule has 0 aliphatic carbocycles. The number of carbonyl (C=O) groups excluding carboxylic acids is 1. The highest BCUT2D eigenvalue weighted by atomic mass is 35.5. The molecule has 6 nitrogen and oxygen atoms in total. The molecular formula is C18H14ClNO5. The van der Waals surface area contributed by atoms with Crippen LogP contribution in [0, 0.1) is 0 Å². The zero-order chi connectivity index (χ0) is 17.0. The second-order valence-electron chi connectivity index (χ2n) is 6.11. The largest absolute Gasteiger partial charge is 0.486 e. The number of rotatable bonds is 1. The number of amides is 1. The van der Waals surface area contributed by atoms with Crippen molar-refractivity contribution in [2.75, 3.05) is 25.3 Å². The molecule has 3 aliphatic rings. The third kappa shape index (κ3) is 2.36. The lowest BCUT2D eigenvalue weighted by Gasteiger charge is -2.29. The molecule has 0 aromatic heterocycles. The first kappa shape index (κ1) is 14.7. The number of halogens is 1. The van der Waals surface area contributed by atoms with Crippen LogP contribution in [0.15, 0.2) is 24.3 Å². The monoisotopic (exact) mass is 359 g/mol. The SMILES string of the molecule is O=C1CC(c2cc3c(cc2Cl)OCO3)c2cc3c(cc2N1)OCCO3. The van der Waals surface area contributed by atoms with Crippen molar-refractivity contribution in [3.63, 3.8) is 0 Å². The fourth-order valence-electron chi connectivity index (χ4n) is 3.48. The van der Waals surface area contributed by atoms with Gasteiger partial charge in [0.05, 0.1) is 0 Å². The van der Waals surface area contributed by atoms with Gasteiger partial charge in [0.15, 0.2) is 23.0 Å². The van der Waals surface area contributed by atoms with Crippen molar-refractivity contribution in [1.29, 1.82) is 0 Å². The fraction of sp³-hybridized carbons (Fsp3) is 0.278. The summed E-state index contributed by atoms with van der Waals surface area (Å²) in [6, 6.07) is 7.33. The van der Waals surface area contributed by atoms with Gasteiger partial charge in [-0.2, -0.15) is 0 Å². The third-order valence-corrected chi connectivity index (χ3v) is 4.95. The molecule has 1 unspecified atom stereocenters. The van der Waals surface area contributed by atoms with Crippen LogP contribution in [0.25, 0.3) is 0 Å². The molecule has 1 amide bonds. The molecule has 1 N–H and O–H groups in total. The van der Waals surface area contributed by atoms with E-state index in [1.54, 1.807) is 6.07 Å². The highest BCUT2D eigenvalue weighted by Crippen LogP contribution is 2.47. The molecule has 25 heavy (non-hydrogen) atoms. The van der Waals surface area contributed by atoms with Crippen LogP contribution in [0.5, 0.6) is 23.0 Å². The Bertz CT molecular complexity index is 898. The highest BCUT2D eigenvalue weighted by molar-refractivity contribution is 6.31. The van der Waals surface area contributed by atoms with Gasteiger partial charge in [-0.1, -0.05) is 11.6 Å². The minimum absolute atomic E-state index is 0.0667. The van der Waals surface area contributed by atoms with Gasteiger partial charge in [-0.3, -0.25) is 4.79 Å². The van der Waals surface area contributed by atoms with Gasteiger partial charge in [0.2, 0.25) is 12.7 Å². The van der Waals surface area contributed by atoms with Gasteiger partial charge in [0.25, 0.3) is 0 Å². The molecule has 5 rings (SSSR count). The zero-order valence-corrected chi connectivity index (χ0v) is 13.9. The van der Waals surface area contributed by atoms with E-state index in [-0.39, 0.29) is 18.6 Å². The smallest absolute Gasteiger partial charge is 0.231 e. The third-order valence-electron chi connectivity index (χ3n) is 4.62. The van der Waals surface area contributed by atoms with Crippen molar-refractivity contribution in [3.05, 3.63) is 40.4 Å². The van der Waals surface area contributed by atoms with E-state index in [2.05, 4.69) is 5.32 Å². The van der Waals surface area contributed by atoms with Crippen molar-refractivity contribution in [2.24, 2.45) is 0 Å². The zero-order valence-electron chi connectivity index (χ0n) is 13.1. The summed E-state index contributed by atoms with van der Waals surface area (Å²) >= 11 is 6.48. The highest BCUT2D eigenvalue weighted by Gasteiger charge is 2.32. The molecule has 0 bridgehead atoms. The van der Waals surface area contributed by atoms with Gasteiger partial charge in [0, 0.05) is 35.2 Å². The Balaban J connectivity index is 1.65. The average Bonchev–Trinajstić information content (AvgIpc) is 3.06. The molecule has 3 heterocycles. The van der Waals surface area contributed by atoms with Gasteiger partial charge < -0.3 is 24.3 Å². The maximum Gasteiger partial charge on any atom is 0.231 e. The summed E-state index contributed by atoms with van der Waals surface area (Å²) in [7, 11) is 0. The second kappa shape index (κ2) is 5.46. The molecular weight excluding hydrogens is 346 g/mol. The quantitative estimate of drug-likeness (QED) is 0.846. The maximum atomic E-state index is 12.2. The number of hydrogen-bond acceptors (Lipinski definition) is 5. The number of anilines is 1. The van der Waals surface area contributed by atoms with Gasteiger partial charge >= 0.3 is 0 Å². The Morgan fingerprint density at radius 1 is 0.880 bits per heavy atom. The first-order valence-electron chi connectivity index (χ1n) is 8.01. The van der Waals surface area contributed by atoms with Crippen molar-refractivity contribution in [3.8, 4) is 23.0 Å². The summed E-state index contributed by atoms with van der Waals surface area (Å²) in [5.41, 5.74) is 2.50. The van der Waals surface area contributed by atoms with E-state index in [9.17, 15) is 4.79 Å². The minimum Gasteiger partial charge on any atom is -0.486 e. The summed E-state index contributed by atoms with van der Waals surface area (Å²) in [6.45, 7) is 1.18.